The molecular formula is C20H20N4O2. The van der Waals surface area contributed by atoms with E-state index in [2.05, 4.69) is 15.6 Å². The first-order valence-electron chi connectivity index (χ1n) is 8.36. The Morgan fingerprint density at radius 3 is 2.54 bits per heavy atom. The van der Waals surface area contributed by atoms with Gasteiger partial charge in [0.05, 0.1) is 12.2 Å². The van der Waals surface area contributed by atoms with Crippen LogP contribution in [0.3, 0.4) is 0 Å². The molecule has 3 aromatic rings. The molecule has 0 spiro atoms. The van der Waals surface area contributed by atoms with Gasteiger partial charge in [0.1, 0.15) is 12.2 Å². The molecule has 1 amide bonds. The number of rotatable bonds is 7. The molecule has 0 unspecified atom stereocenters. The summed E-state index contributed by atoms with van der Waals surface area (Å²) in [6.07, 6.45) is 3.28. The summed E-state index contributed by atoms with van der Waals surface area (Å²) in [7, 11) is 0. The molecule has 0 aliphatic carbocycles. The van der Waals surface area contributed by atoms with Gasteiger partial charge in [-0.2, -0.15) is 0 Å². The number of hydrogen-bond acceptors (Lipinski definition) is 4. The van der Waals surface area contributed by atoms with E-state index >= 15 is 0 Å². The van der Waals surface area contributed by atoms with Crippen LogP contribution in [0, 0.1) is 0 Å². The van der Waals surface area contributed by atoms with Crippen molar-refractivity contribution in [2.24, 2.45) is 0 Å². The molecule has 0 saturated carbocycles. The summed E-state index contributed by atoms with van der Waals surface area (Å²) in [5, 5.41) is 5.90. The van der Waals surface area contributed by atoms with E-state index < -0.39 is 0 Å². The lowest BCUT2D eigenvalue weighted by atomic mass is 10.2. The maximum atomic E-state index is 12.5. The zero-order valence-electron chi connectivity index (χ0n) is 14.3. The molecule has 3 rings (SSSR count). The predicted octanol–water partition coefficient (Wildman–Crippen LogP) is 2.17. The molecule has 2 aromatic heterocycles. The average molecular weight is 348 g/mol. The van der Waals surface area contributed by atoms with Gasteiger partial charge in [0.2, 0.25) is 5.91 Å². The Balaban J connectivity index is 1.59. The monoisotopic (exact) mass is 348 g/mol. The molecule has 0 radical (unpaired) electrons. The van der Waals surface area contributed by atoms with E-state index in [1.807, 2.05) is 48.5 Å². The first kappa shape index (κ1) is 17.4. The fourth-order valence-electron chi connectivity index (χ4n) is 2.49. The number of pyridine rings is 2. The second kappa shape index (κ2) is 8.62. The topological polar surface area (TPSA) is 76.0 Å². The van der Waals surface area contributed by atoms with Crippen LogP contribution >= 0.6 is 0 Å². The smallest absolute Gasteiger partial charge is 0.274 e. The van der Waals surface area contributed by atoms with E-state index in [9.17, 15) is 9.59 Å². The Bertz CT molecular complexity index is 908. The average Bonchev–Trinajstić information content (AvgIpc) is 2.69. The molecule has 132 valence electrons. The van der Waals surface area contributed by atoms with E-state index in [0.717, 1.165) is 11.3 Å². The highest BCUT2D eigenvalue weighted by atomic mass is 16.2. The number of carbonyl (C=O) groups is 1. The summed E-state index contributed by atoms with van der Waals surface area (Å²) in [6, 6.07) is 18.8. The number of aromatic nitrogens is 2. The molecule has 0 aliphatic heterocycles. The van der Waals surface area contributed by atoms with E-state index in [1.54, 1.807) is 24.5 Å². The molecule has 0 aliphatic rings. The Kier molecular flexibility index (Phi) is 5.77. The lowest BCUT2D eigenvalue weighted by Crippen LogP contribution is -2.32. The minimum atomic E-state index is -0.238. The van der Waals surface area contributed by atoms with Gasteiger partial charge < -0.3 is 15.2 Å². The SMILES string of the molecule is O=C(Cn1cccc(NCc2ccccc2)c1=O)NCc1ccccn1. The fraction of sp³-hybridized carbons (Fsp3) is 0.150. The van der Waals surface area contributed by atoms with Crippen LogP contribution in [-0.2, 0) is 24.4 Å². The van der Waals surface area contributed by atoms with E-state index in [-0.39, 0.29) is 18.0 Å². The van der Waals surface area contributed by atoms with Crippen molar-refractivity contribution in [3.63, 3.8) is 0 Å². The quantitative estimate of drug-likeness (QED) is 0.686. The van der Waals surface area contributed by atoms with Crippen LogP contribution in [0.2, 0.25) is 0 Å². The van der Waals surface area contributed by atoms with E-state index in [0.29, 0.717) is 18.8 Å². The number of benzene rings is 1. The Morgan fingerprint density at radius 1 is 0.962 bits per heavy atom. The molecule has 2 heterocycles. The van der Waals surface area contributed by atoms with Crippen LogP contribution in [-0.4, -0.2) is 15.5 Å². The largest absolute Gasteiger partial charge is 0.377 e. The van der Waals surface area contributed by atoms with Gasteiger partial charge in [-0.15, -0.1) is 0 Å². The van der Waals surface area contributed by atoms with Crippen LogP contribution in [0.5, 0.6) is 0 Å². The normalized spacial score (nSPS) is 10.3. The molecule has 0 saturated heterocycles. The highest BCUT2D eigenvalue weighted by Gasteiger charge is 2.07. The molecule has 6 nitrogen and oxygen atoms in total. The minimum absolute atomic E-state index is 0.0352. The number of anilines is 1. The van der Waals surface area contributed by atoms with Crippen molar-refractivity contribution in [2.75, 3.05) is 5.32 Å². The van der Waals surface area contributed by atoms with Crippen LogP contribution in [0.25, 0.3) is 0 Å². The lowest BCUT2D eigenvalue weighted by molar-refractivity contribution is -0.121. The van der Waals surface area contributed by atoms with Crippen molar-refractivity contribution in [1.82, 2.24) is 14.9 Å². The van der Waals surface area contributed by atoms with Crippen LogP contribution < -0.4 is 16.2 Å². The molecule has 0 bridgehead atoms. The second-order valence-electron chi connectivity index (χ2n) is 5.79. The Hall–Kier alpha value is -3.41. The third-order valence-electron chi connectivity index (χ3n) is 3.85. The zero-order valence-corrected chi connectivity index (χ0v) is 14.3. The van der Waals surface area contributed by atoms with Gasteiger partial charge in [0.15, 0.2) is 0 Å². The van der Waals surface area contributed by atoms with E-state index in [4.69, 9.17) is 0 Å². The lowest BCUT2D eigenvalue weighted by Gasteiger charge is -2.10. The summed E-state index contributed by atoms with van der Waals surface area (Å²) in [5.74, 6) is -0.238. The van der Waals surface area contributed by atoms with Gasteiger partial charge in [0.25, 0.3) is 5.56 Å². The molecule has 6 heteroatoms. The number of amides is 1. The number of nitrogens with zero attached hydrogens (tertiary/aromatic N) is 2. The Labute approximate surface area is 151 Å². The second-order valence-corrected chi connectivity index (χ2v) is 5.79. The highest BCUT2D eigenvalue weighted by molar-refractivity contribution is 5.75. The summed E-state index contributed by atoms with van der Waals surface area (Å²) in [6.45, 7) is 0.846. The maximum absolute atomic E-state index is 12.5. The summed E-state index contributed by atoms with van der Waals surface area (Å²) in [4.78, 5) is 28.8. The molecule has 0 fully saturated rings. The third kappa shape index (κ3) is 4.80. The van der Waals surface area contributed by atoms with Crippen molar-refractivity contribution in [1.29, 1.82) is 0 Å². The molecule has 26 heavy (non-hydrogen) atoms. The van der Waals surface area contributed by atoms with Crippen molar-refractivity contribution >= 4 is 11.6 Å². The standard InChI is InChI=1S/C20H20N4O2/c25-19(23-14-17-9-4-5-11-21-17)15-24-12-6-10-18(20(24)26)22-13-16-7-2-1-3-8-16/h1-12,22H,13-15H2,(H,23,25). The maximum Gasteiger partial charge on any atom is 0.274 e. The number of nitrogens with one attached hydrogen (secondary N) is 2. The molecule has 2 N–H and O–H groups in total. The van der Waals surface area contributed by atoms with E-state index in [1.165, 1.54) is 4.57 Å². The first-order valence-corrected chi connectivity index (χ1v) is 8.36. The van der Waals surface area contributed by atoms with Gasteiger partial charge in [-0.3, -0.25) is 14.6 Å². The third-order valence-corrected chi connectivity index (χ3v) is 3.85. The van der Waals surface area contributed by atoms with Gasteiger partial charge in [-0.25, -0.2) is 0 Å². The van der Waals surface area contributed by atoms with Gasteiger partial charge in [0, 0.05) is 18.9 Å². The van der Waals surface area contributed by atoms with Gasteiger partial charge in [-0.1, -0.05) is 36.4 Å². The van der Waals surface area contributed by atoms with Gasteiger partial charge >= 0.3 is 0 Å². The van der Waals surface area contributed by atoms with Crippen molar-refractivity contribution in [3.8, 4) is 0 Å². The van der Waals surface area contributed by atoms with Crippen LogP contribution in [0.1, 0.15) is 11.3 Å². The fourth-order valence-corrected chi connectivity index (χ4v) is 2.49. The van der Waals surface area contributed by atoms with Gasteiger partial charge in [-0.05, 0) is 29.8 Å². The van der Waals surface area contributed by atoms with Crippen LogP contribution in [0.4, 0.5) is 5.69 Å². The zero-order chi connectivity index (χ0) is 18.2. The van der Waals surface area contributed by atoms with Crippen molar-refractivity contribution < 1.29 is 4.79 Å². The minimum Gasteiger partial charge on any atom is -0.377 e. The van der Waals surface area contributed by atoms with Crippen molar-refractivity contribution in [2.45, 2.75) is 19.6 Å². The first-order chi connectivity index (χ1) is 12.7. The molecule has 0 atom stereocenters. The molecule has 1 aromatic carbocycles. The number of hydrogen-bond donors (Lipinski definition) is 2. The predicted molar refractivity (Wildman–Crippen MR) is 101 cm³/mol. The Morgan fingerprint density at radius 2 is 1.77 bits per heavy atom. The molecular weight excluding hydrogens is 328 g/mol. The number of carbonyl (C=O) groups excluding carboxylic acids is 1. The summed E-state index contributed by atoms with van der Waals surface area (Å²) >= 11 is 0. The highest BCUT2D eigenvalue weighted by Crippen LogP contribution is 2.04. The summed E-state index contributed by atoms with van der Waals surface area (Å²) in [5.41, 5.74) is 2.09. The summed E-state index contributed by atoms with van der Waals surface area (Å²) < 4.78 is 1.39. The van der Waals surface area contributed by atoms with Crippen LogP contribution in [0.15, 0.2) is 77.9 Å². The van der Waals surface area contributed by atoms with Crippen molar-refractivity contribution in [3.05, 3.63) is 94.7 Å².